The SMILES string of the molecule is O=C(Nc1cccc(Cl)c1Cl)c1cccc(S(=O)(=O)N2CCCCCC2)c1. The lowest BCUT2D eigenvalue weighted by molar-refractivity contribution is 0.102. The first kappa shape index (κ1) is 20.1. The maximum absolute atomic E-state index is 12.9. The molecule has 8 heteroatoms. The van der Waals surface area contributed by atoms with Gasteiger partial charge in [-0.15, -0.1) is 0 Å². The lowest BCUT2D eigenvalue weighted by Gasteiger charge is -2.20. The van der Waals surface area contributed by atoms with Gasteiger partial charge in [0.15, 0.2) is 0 Å². The summed E-state index contributed by atoms with van der Waals surface area (Å²) in [5, 5.41) is 3.23. The van der Waals surface area contributed by atoms with Gasteiger partial charge in [-0.05, 0) is 43.2 Å². The summed E-state index contributed by atoms with van der Waals surface area (Å²) in [5.41, 5.74) is 0.608. The van der Waals surface area contributed by atoms with Gasteiger partial charge in [0.1, 0.15) is 0 Å². The fraction of sp³-hybridized carbons (Fsp3) is 0.316. The molecule has 27 heavy (non-hydrogen) atoms. The van der Waals surface area contributed by atoms with Gasteiger partial charge in [-0.3, -0.25) is 4.79 Å². The molecule has 144 valence electrons. The summed E-state index contributed by atoms with van der Waals surface area (Å²) in [6.07, 6.45) is 3.78. The van der Waals surface area contributed by atoms with Gasteiger partial charge in [0.2, 0.25) is 10.0 Å². The summed E-state index contributed by atoms with van der Waals surface area (Å²) < 4.78 is 27.4. The zero-order valence-corrected chi connectivity index (χ0v) is 16.9. The molecule has 0 unspecified atom stereocenters. The molecule has 1 aliphatic rings. The first-order valence-corrected chi connectivity index (χ1v) is 10.9. The Bertz CT molecular complexity index is 940. The first-order valence-electron chi connectivity index (χ1n) is 8.75. The second-order valence-corrected chi connectivity index (χ2v) is 9.12. The predicted molar refractivity (Wildman–Crippen MR) is 108 cm³/mol. The molecular formula is C19H20Cl2N2O3S. The van der Waals surface area contributed by atoms with Crippen molar-refractivity contribution in [1.82, 2.24) is 4.31 Å². The number of benzene rings is 2. The highest BCUT2D eigenvalue weighted by atomic mass is 35.5. The first-order chi connectivity index (χ1) is 12.9. The predicted octanol–water partition coefficient (Wildman–Crippen LogP) is 4.81. The van der Waals surface area contributed by atoms with Crippen molar-refractivity contribution in [2.45, 2.75) is 30.6 Å². The minimum atomic E-state index is -3.62. The summed E-state index contributed by atoms with van der Waals surface area (Å²) in [4.78, 5) is 12.7. The Hall–Kier alpha value is -1.60. The number of hydrogen-bond donors (Lipinski definition) is 1. The molecule has 1 fully saturated rings. The largest absolute Gasteiger partial charge is 0.321 e. The normalized spacial score (nSPS) is 15.9. The zero-order chi connectivity index (χ0) is 19.4. The standard InChI is InChI=1S/C19H20Cl2N2O3S/c20-16-9-6-10-17(18(16)21)22-19(24)14-7-5-8-15(13-14)27(25,26)23-11-3-1-2-4-12-23/h5-10,13H,1-4,11-12H2,(H,22,24). The van der Waals surface area contributed by atoms with E-state index >= 15 is 0 Å². The Morgan fingerprint density at radius 2 is 1.63 bits per heavy atom. The van der Waals surface area contributed by atoms with Gasteiger partial charge in [0, 0.05) is 18.7 Å². The maximum Gasteiger partial charge on any atom is 0.255 e. The summed E-state index contributed by atoms with van der Waals surface area (Å²) in [7, 11) is -3.62. The second kappa shape index (κ2) is 8.61. The fourth-order valence-electron chi connectivity index (χ4n) is 3.02. The number of carbonyl (C=O) groups is 1. The second-order valence-electron chi connectivity index (χ2n) is 6.40. The fourth-order valence-corrected chi connectivity index (χ4v) is 4.93. The summed E-state index contributed by atoms with van der Waals surface area (Å²) in [5.74, 6) is -0.452. The quantitative estimate of drug-likeness (QED) is 0.762. The number of rotatable bonds is 4. The van der Waals surface area contributed by atoms with Crippen LogP contribution >= 0.6 is 23.2 Å². The molecule has 0 spiro atoms. The van der Waals surface area contributed by atoms with Crippen LogP contribution in [0, 0.1) is 0 Å². The molecule has 0 atom stereocenters. The molecule has 5 nitrogen and oxygen atoms in total. The van der Waals surface area contributed by atoms with Crippen molar-refractivity contribution in [3.63, 3.8) is 0 Å². The third kappa shape index (κ3) is 4.63. The van der Waals surface area contributed by atoms with Crippen LogP contribution in [0.4, 0.5) is 5.69 Å². The number of anilines is 1. The van der Waals surface area contributed by atoms with Crippen LogP contribution in [0.15, 0.2) is 47.4 Å². The number of sulfonamides is 1. The van der Waals surface area contributed by atoms with Crippen molar-refractivity contribution in [1.29, 1.82) is 0 Å². The minimum absolute atomic E-state index is 0.120. The van der Waals surface area contributed by atoms with Gasteiger partial charge in [-0.25, -0.2) is 8.42 Å². The molecule has 1 saturated heterocycles. The van der Waals surface area contributed by atoms with Crippen molar-refractivity contribution in [3.05, 3.63) is 58.1 Å². The Kier molecular flexibility index (Phi) is 6.42. The average Bonchev–Trinajstić information content (AvgIpc) is 2.95. The van der Waals surface area contributed by atoms with Crippen LogP contribution in [0.25, 0.3) is 0 Å². The number of halogens is 2. The molecular weight excluding hydrogens is 407 g/mol. The Morgan fingerprint density at radius 3 is 2.33 bits per heavy atom. The topological polar surface area (TPSA) is 66.5 Å². The van der Waals surface area contributed by atoms with Crippen LogP contribution in [0.3, 0.4) is 0 Å². The highest BCUT2D eigenvalue weighted by Crippen LogP contribution is 2.30. The van der Waals surface area contributed by atoms with Crippen LogP contribution in [0.1, 0.15) is 36.0 Å². The van der Waals surface area contributed by atoms with Crippen LogP contribution in [0.5, 0.6) is 0 Å². The van der Waals surface area contributed by atoms with Gasteiger partial charge in [0.25, 0.3) is 5.91 Å². The number of hydrogen-bond acceptors (Lipinski definition) is 3. The van der Waals surface area contributed by atoms with Gasteiger partial charge in [-0.1, -0.05) is 48.2 Å². The average molecular weight is 427 g/mol. The summed E-state index contributed by atoms with van der Waals surface area (Å²) >= 11 is 12.1. The van der Waals surface area contributed by atoms with Crippen molar-refractivity contribution in [2.24, 2.45) is 0 Å². The molecule has 1 amide bonds. The van der Waals surface area contributed by atoms with Gasteiger partial charge >= 0.3 is 0 Å². The van der Waals surface area contributed by atoms with E-state index in [1.54, 1.807) is 30.3 Å². The molecule has 1 aliphatic heterocycles. The molecule has 3 rings (SSSR count). The number of carbonyl (C=O) groups excluding carboxylic acids is 1. The van der Waals surface area contributed by atoms with Gasteiger partial charge in [0.05, 0.1) is 20.6 Å². The zero-order valence-electron chi connectivity index (χ0n) is 14.6. The molecule has 0 bridgehead atoms. The van der Waals surface area contributed by atoms with E-state index in [4.69, 9.17) is 23.2 Å². The van der Waals surface area contributed by atoms with Gasteiger partial charge < -0.3 is 5.32 Å². The van der Waals surface area contributed by atoms with Crippen molar-refractivity contribution < 1.29 is 13.2 Å². The maximum atomic E-state index is 12.9. The van der Waals surface area contributed by atoms with Crippen LogP contribution in [0.2, 0.25) is 10.0 Å². The summed E-state index contributed by atoms with van der Waals surface area (Å²) in [6.45, 7) is 1.02. The molecule has 0 aliphatic carbocycles. The van der Waals surface area contributed by atoms with E-state index < -0.39 is 15.9 Å². The van der Waals surface area contributed by atoms with E-state index in [-0.39, 0.29) is 15.5 Å². The molecule has 2 aromatic rings. The molecule has 2 aromatic carbocycles. The van der Waals surface area contributed by atoms with E-state index in [9.17, 15) is 13.2 Å². The van der Waals surface area contributed by atoms with E-state index in [2.05, 4.69) is 5.32 Å². The highest BCUT2D eigenvalue weighted by Gasteiger charge is 2.25. The Morgan fingerprint density at radius 1 is 0.963 bits per heavy atom. The smallest absolute Gasteiger partial charge is 0.255 e. The van der Waals surface area contributed by atoms with Crippen LogP contribution < -0.4 is 5.32 Å². The van der Waals surface area contributed by atoms with E-state index in [0.29, 0.717) is 23.8 Å². The number of nitrogens with zero attached hydrogens (tertiary/aromatic N) is 1. The highest BCUT2D eigenvalue weighted by molar-refractivity contribution is 7.89. The van der Waals surface area contributed by atoms with Crippen LogP contribution in [-0.4, -0.2) is 31.7 Å². The van der Waals surface area contributed by atoms with E-state index in [1.807, 2.05) is 0 Å². The Balaban J connectivity index is 1.84. The monoisotopic (exact) mass is 426 g/mol. The van der Waals surface area contributed by atoms with E-state index in [1.165, 1.54) is 16.4 Å². The van der Waals surface area contributed by atoms with Crippen LogP contribution in [-0.2, 0) is 10.0 Å². The molecule has 1 heterocycles. The number of nitrogens with one attached hydrogen (secondary N) is 1. The minimum Gasteiger partial charge on any atom is -0.321 e. The third-order valence-electron chi connectivity index (χ3n) is 4.50. The third-order valence-corrected chi connectivity index (χ3v) is 7.21. The molecule has 1 N–H and O–H groups in total. The lowest BCUT2D eigenvalue weighted by Crippen LogP contribution is -2.32. The molecule has 0 saturated carbocycles. The Labute approximate surface area is 169 Å². The number of amides is 1. The molecule has 0 aromatic heterocycles. The lowest BCUT2D eigenvalue weighted by atomic mass is 10.2. The van der Waals surface area contributed by atoms with Gasteiger partial charge in [-0.2, -0.15) is 4.31 Å². The van der Waals surface area contributed by atoms with Crippen molar-refractivity contribution in [3.8, 4) is 0 Å². The molecule has 0 radical (unpaired) electrons. The summed E-state index contributed by atoms with van der Waals surface area (Å²) in [6, 6.07) is 11.0. The van der Waals surface area contributed by atoms with Crippen molar-refractivity contribution in [2.75, 3.05) is 18.4 Å². The van der Waals surface area contributed by atoms with E-state index in [0.717, 1.165) is 25.7 Å². The van der Waals surface area contributed by atoms with Crippen molar-refractivity contribution >= 4 is 44.8 Å².